The van der Waals surface area contributed by atoms with E-state index in [0.29, 0.717) is 16.1 Å². The zero-order chi connectivity index (χ0) is 14.8. The summed E-state index contributed by atoms with van der Waals surface area (Å²) in [6.07, 6.45) is -0.00933. The molecule has 1 saturated carbocycles. The normalized spacial score (nSPS) is 17.4. The largest absolute Gasteiger partial charge is 0.573 e. The molecule has 2 nitrogen and oxygen atoms in total. The maximum absolute atomic E-state index is 12.4. The Bertz CT molecular complexity index is 460. The SMILES string of the molecule is CC(CC1CCC1)Nc1ccc(Br)cc1OC(F)(F)F. The molecule has 0 bridgehead atoms. The quantitative estimate of drug-likeness (QED) is 0.773. The van der Waals surface area contributed by atoms with Gasteiger partial charge in [-0.15, -0.1) is 13.2 Å². The summed E-state index contributed by atoms with van der Waals surface area (Å²) in [6, 6.07) is 4.74. The van der Waals surface area contributed by atoms with Crippen LogP contribution in [0.25, 0.3) is 0 Å². The molecular weight excluding hydrogens is 335 g/mol. The zero-order valence-electron chi connectivity index (χ0n) is 11.1. The van der Waals surface area contributed by atoms with E-state index in [4.69, 9.17) is 0 Å². The van der Waals surface area contributed by atoms with Crippen molar-refractivity contribution in [2.24, 2.45) is 5.92 Å². The van der Waals surface area contributed by atoms with E-state index in [1.54, 1.807) is 12.1 Å². The van der Waals surface area contributed by atoms with E-state index in [2.05, 4.69) is 26.0 Å². The van der Waals surface area contributed by atoms with Crippen LogP contribution in [-0.2, 0) is 0 Å². The van der Waals surface area contributed by atoms with Crippen molar-refractivity contribution in [2.45, 2.75) is 45.0 Å². The Morgan fingerprint density at radius 2 is 2.10 bits per heavy atom. The van der Waals surface area contributed by atoms with Crippen LogP contribution in [0.1, 0.15) is 32.6 Å². The lowest BCUT2D eigenvalue weighted by atomic mass is 9.81. The first-order chi connectivity index (χ1) is 9.33. The molecule has 1 aromatic carbocycles. The molecule has 1 unspecified atom stereocenters. The summed E-state index contributed by atoms with van der Waals surface area (Å²) in [6.45, 7) is 1.98. The van der Waals surface area contributed by atoms with Crippen molar-refractivity contribution in [1.29, 1.82) is 0 Å². The number of hydrogen-bond acceptors (Lipinski definition) is 2. The van der Waals surface area contributed by atoms with Crippen LogP contribution in [0.15, 0.2) is 22.7 Å². The molecule has 0 aromatic heterocycles. The minimum absolute atomic E-state index is 0.122. The van der Waals surface area contributed by atoms with Crippen LogP contribution in [0.4, 0.5) is 18.9 Å². The second kappa shape index (κ2) is 6.24. The molecule has 0 radical (unpaired) electrons. The molecule has 0 spiro atoms. The van der Waals surface area contributed by atoms with Crippen molar-refractivity contribution in [3.8, 4) is 5.75 Å². The van der Waals surface area contributed by atoms with Gasteiger partial charge in [0.1, 0.15) is 0 Å². The predicted molar refractivity (Wildman–Crippen MR) is 75.9 cm³/mol. The van der Waals surface area contributed by atoms with Crippen LogP contribution in [-0.4, -0.2) is 12.4 Å². The second-order valence-electron chi connectivity index (χ2n) is 5.27. The highest BCUT2D eigenvalue weighted by Gasteiger charge is 2.32. The van der Waals surface area contributed by atoms with Crippen molar-refractivity contribution < 1.29 is 17.9 Å². The molecular formula is C14H17BrF3NO. The highest BCUT2D eigenvalue weighted by atomic mass is 79.9. The highest BCUT2D eigenvalue weighted by molar-refractivity contribution is 9.10. The Morgan fingerprint density at radius 1 is 1.40 bits per heavy atom. The van der Waals surface area contributed by atoms with Gasteiger partial charge in [0.25, 0.3) is 0 Å². The number of hydrogen-bond donors (Lipinski definition) is 1. The van der Waals surface area contributed by atoms with Gasteiger partial charge in [-0.2, -0.15) is 0 Å². The van der Waals surface area contributed by atoms with Gasteiger partial charge in [-0.3, -0.25) is 0 Å². The minimum atomic E-state index is -4.69. The lowest BCUT2D eigenvalue weighted by Gasteiger charge is -2.29. The Balaban J connectivity index is 2.05. The second-order valence-corrected chi connectivity index (χ2v) is 6.18. The molecule has 1 fully saturated rings. The number of halogens is 4. The number of nitrogens with one attached hydrogen (secondary N) is 1. The van der Waals surface area contributed by atoms with Crippen molar-refractivity contribution in [3.05, 3.63) is 22.7 Å². The zero-order valence-corrected chi connectivity index (χ0v) is 12.7. The number of ether oxygens (including phenoxy) is 1. The van der Waals surface area contributed by atoms with Gasteiger partial charge < -0.3 is 10.1 Å². The summed E-state index contributed by atoms with van der Waals surface area (Å²) in [4.78, 5) is 0. The topological polar surface area (TPSA) is 21.3 Å². The van der Waals surface area contributed by atoms with Crippen LogP contribution in [0, 0.1) is 5.92 Å². The van der Waals surface area contributed by atoms with Gasteiger partial charge in [-0.25, -0.2) is 0 Å². The molecule has 112 valence electrons. The predicted octanol–water partition coefficient (Wildman–Crippen LogP) is 5.34. The molecule has 1 atom stereocenters. The summed E-state index contributed by atoms with van der Waals surface area (Å²) in [5.41, 5.74) is 0.373. The lowest BCUT2D eigenvalue weighted by molar-refractivity contribution is -0.274. The molecule has 0 saturated heterocycles. The Morgan fingerprint density at radius 3 is 2.65 bits per heavy atom. The van der Waals surface area contributed by atoms with Gasteiger partial charge in [-0.1, -0.05) is 35.2 Å². The van der Waals surface area contributed by atoms with Crippen LogP contribution in [0.2, 0.25) is 0 Å². The molecule has 0 heterocycles. The van der Waals surface area contributed by atoms with Crippen molar-refractivity contribution in [3.63, 3.8) is 0 Å². The molecule has 1 aliphatic rings. The van der Waals surface area contributed by atoms with Crippen molar-refractivity contribution >= 4 is 21.6 Å². The van der Waals surface area contributed by atoms with Crippen LogP contribution in [0.5, 0.6) is 5.75 Å². The van der Waals surface area contributed by atoms with Crippen LogP contribution in [0.3, 0.4) is 0 Å². The van der Waals surface area contributed by atoms with E-state index in [-0.39, 0.29) is 11.8 Å². The highest BCUT2D eigenvalue weighted by Crippen LogP contribution is 2.35. The summed E-state index contributed by atoms with van der Waals surface area (Å²) in [5.74, 6) is 0.493. The van der Waals surface area contributed by atoms with Gasteiger partial charge >= 0.3 is 6.36 Å². The van der Waals surface area contributed by atoms with Gasteiger partial charge in [0, 0.05) is 10.5 Å². The summed E-state index contributed by atoms with van der Waals surface area (Å²) >= 11 is 3.16. The van der Waals surface area contributed by atoms with Crippen molar-refractivity contribution in [2.75, 3.05) is 5.32 Å². The number of alkyl halides is 3. The fourth-order valence-corrected chi connectivity index (χ4v) is 2.72. The van der Waals surface area contributed by atoms with Crippen LogP contribution >= 0.6 is 15.9 Å². The average Bonchev–Trinajstić information content (AvgIpc) is 2.25. The Kier molecular flexibility index (Phi) is 4.83. The van der Waals surface area contributed by atoms with E-state index in [1.807, 2.05) is 6.92 Å². The van der Waals surface area contributed by atoms with E-state index < -0.39 is 6.36 Å². The maximum Gasteiger partial charge on any atom is 0.573 e. The summed E-state index contributed by atoms with van der Waals surface area (Å²) in [7, 11) is 0. The molecule has 1 aromatic rings. The summed E-state index contributed by atoms with van der Waals surface area (Å²) < 4.78 is 41.8. The Hall–Kier alpha value is -0.910. The average molecular weight is 352 g/mol. The Labute approximate surface area is 124 Å². The van der Waals surface area contributed by atoms with E-state index in [0.717, 1.165) is 6.42 Å². The first-order valence-corrected chi connectivity index (χ1v) is 7.44. The molecule has 1 aliphatic carbocycles. The van der Waals surface area contributed by atoms with Gasteiger partial charge in [0.2, 0.25) is 0 Å². The molecule has 2 rings (SSSR count). The standard InChI is InChI=1S/C14H17BrF3NO/c1-9(7-10-3-2-4-10)19-12-6-5-11(15)8-13(12)20-14(16,17)18/h5-6,8-10,19H,2-4,7H2,1H3. The molecule has 20 heavy (non-hydrogen) atoms. The molecule has 0 amide bonds. The number of anilines is 1. The molecule has 1 N–H and O–H groups in total. The van der Waals surface area contributed by atoms with Crippen LogP contribution < -0.4 is 10.1 Å². The first-order valence-electron chi connectivity index (χ1n) is 6.65. The fourth-order valence-electron chi connectivity index (χ4n) is 2.38. The number of rotatable bonds is 5. The maximum atomic E-state index is 12.4. The smallest absolute Gasteiger partial charge is 0.404 e. The fraction of sp³-hybridized carbons (Fsp3) is 0.571. The summed E-state index contributed by atoms with van der Waals surface area (Å²) in [5, 5.41) is 3.11. The monoisotopic (exact) mass is 351 g/mol. The van der Waals surface area contributed by atoms with E-state index in [9.17, 15) is 13.2 Å². The minimum Gasteiger partial charge on any atom is -0.404 e. The van der Waals surface area contributed by atoms with E-state index >= 15 is 0 Å². The van der Waals surface area contributed by atoms with E-state index in [1.165, 1.54) is 25.3 Å². The first kappa shape index (κ1) is 15.5. The number of benzene rings is 1. The third kappa shape index (κ3) is 4.58. The van der Waals surface area contributed by atoms with Gasteiger partial charge in [0.05, 0.1) is 5.69 Å². The van der Waals surface area contributed by atoms with Crippen molar-refractivity contribution in [1.82, 2.24) is 0 Å². The van der Waals surface area contributed by atoms with Gasteiger partial charge in [0.15, 0.2) is 5.75 Å². The third-order valence-electron chi connectivity index (χ3n) is 3.48. The molecule has 0 aliphatic heterocycles. The third-order valence-corrected chi connectivity index (χ3v) is 3.98. The molecule has 6 heteroatoms. The lowest BCUT2D eigenvalue weighted by Crippen LogP contribution is -2.24. The van der Waals surface area contributed by atoms with Gasteiger partial charge in [-0.05, 0) is 37.5 Å².